The molecule has 0 saturated carbocycles. The minimum absolute atomic E-state index is 0.258. The van der Waals surface area contributed by atoms with Crippen LogP contribution in [0.25, 0.3) is 0 Å². The zero-order chi connectivity index (χ0) is 10.8. The van der Waals surface area contributed by atoms with E-state index in [1.807, 2.05) is 6.92 Å². The fraction of sp³-hybridized carbons (Fsp3) is 0.200. The van der Waals surface area contributed by atoms with Gasteiger partial charge in [-0.2, -0.15) is 0 Å². The van der Waals surface area contributed by atoms with Gasteiger partial charge in [0.2, 0.25) is 0 Å². The lowest BCUT2D eigenvalue weighted by molar-refractivity contribution is 0.0995. The summed E-state index contributed by atoms with van der Waals surface area (Å²) in [5.74, 6) is 0.942. The van der Waals surface area contributed by atoms with Crippen molar-refractivity contribution in [2.75, 3.05) is 5.32 Å². The second-order valence-electron chi connectivity index (χ2n) is 3.27. The van der Waals surface area contributed by atoms with Gasteiger partial charge in [0, 0.05) is 6.07 Å². The van der Waals surface area contributed by atoms with Gasteiger partial charge in [-0.15, -0.1) is 0 Å². The molecule has 0 atom stereocenters. The molecule has 15 heavy (non-hydrogen) atoms. The van der Waals surface area contributed by atoms with Gasteiger partial charge in [-0.3, -0.25) is 4.79 Å². The van der Waals surface area contributed by atoms with Crippen LogP contribution in [0.1, 0.15) is 21.9 Å². The average Bonchev–Trinajstić information content (AvgIpc) is 2.75. The number of anilines is 1. The summed E-state index contributed by atoms with van der Waals surface area (Å²) >= 11 is 0. The van der Waals surface area contributed by atoms with E-state index in [0.717, 1.165) is 5.56 Å². The Morgan fingerprint density at radius 2 is 2.20 bits per heavy atom. The first-order valence-corrected chi connectivity index (χ1v) is 4.45. The molecule has 2 aromatic heterocycles. The quantitative estimate of drug-likeness (QED) is 0.817. The number of aromatic nitrogens is 1. The summed E-state index contributed by atoms with van der Waals surface area (Å²) in [7, 11) is 0. The SMILES string of the molecule is Cc1coc(C(=O)Nc2cc(C)on2)c1. The zero-order valence-electron chi connectivity index (χ0n) is 8.40. The highest BCUT2D eigenvalue weighted by atomic mass is 16.5. The molecule has 0 bridgehead atoms. The van der Waals surface area contributed by atoms with Gasteiger partial charge in [0.25, 0.3) is 5.91 Å². The van der Waals surface area contributed by atoms with Crippen molar-refractivity contribution in [3.8, 4) is 0 Å². The zero-order valence-corrected chi connectivity index (χ0v) is 8.40. The highest BCUT2D eigenvalue weighted by Gasteiger charge is 2.11. The number of aryl methyl sites for hydroxylation is 2. The summed E-state index contributed by atoms with van der Waals surface area (Å²) in [6, 6.07) is 3.29. The number of hydrogen-bond donors (Lipinski definition) is 1. The molecule has 0 radical (unpaired) electrons. The first-order valence-electron chi connectivity index (χ1n) is 4.45. The van der Waals surface area contributed by atoms with Gasteiger partial charge in [0.15, 0.2) is 11.6 Å². The maximum absolute atomic E-state index is 11.6. The molecule has 0 unspecified atom stereocenters. The summed E-state index contributed by atoms with van der Waals surface area (Å²) in [6.45, 7) is 3.60. The molecule has 0 saturated heterocycles. The molecular formula is C10H10N2O3. The largest absolute Gasteiger partial charge is 0.459 e. The maximum Gasteiger partial charge on any atom is 0.292 e. The first kappa shape index (κ1) is 9.51. The molecule has 0 fully saturated rings. The Kier molecular flexibility index (Phi) is 2.29. The van der Waals surface area contributed by atoms with Crippen LogP contribution in [-0.2, 0) is 0 Å². The topological polar surface area (TPSA) is 68.3 Å². The summed E-state index contributed by atoms with van der Waals surface area (Å²) in [6.07, 6.45) is 1.52. The Labute approximate surface area is 86.1 Å². The first-order chi connectivity index (χ1) is 7.15. The van der Waals surface area contributed by atoms with Crippen LogP contribution in [0, 0.1) is 13.8 Å². The van der Waals surface area contributed by atoms with Gasteiger partial charge in [0.1, 0.15) is 5.76 Å². The van der Waals surface area contributed by atoms with E-state index >= 15 is 0 Å². The number of nitrogens with one attached hydrogen (secondary N) is 1. The summed E-state index contributed by atoms with van der Waals surface area (Å²) < 4.78 is 9.85. The number of rotatable bonds is 2. The highest BCUT2D eigenvalue weighted by molar-refractivity contribution is 6.01. The summed E-state index contributed by atoms with van der Waals surface area (Å²) in [5.41, 5.74) is 0.900. The third-order valence-corrected chi connectivity index (χ3v) is 1.82. The van der Waals surface area contributed by atoms with Gasteiger partial charge in [0.05, 0.1) is 6.26 Å². The molecular weight excluding hydrogens is 196 g/mol. The van der Waals surface area contributed by atoms with E-state index in [1.165, 1.54) is 6.26 Å². The molecule has 5 nitrogen and oxygen atoms in total. The number of furan rings is 1. The lowest BCUT2D eigenvalue weighted by Gasteiger charge is -1.95. The molecule has 5 heteroatoms. The Bertz CT molecular complexity index is 484. The molecule has 0 aliphatic rings. The maximum atomic E-state index is 11.6. The molecule has 78 valence electrons. The van der Waals surface area contributed by atoms with Crippen LogP contribution in [0.5, 0.6) is 0 Å². The van der Waals surface area contributed by atoms with Crippen molar-refractivity contribution in [1.82, 2.24) is 5.16 Å². The van der Waals surface area contributed by atoms with E-state index in [9.17, 15) is 4.79 Å². The minimum atomic E-state index is -0.337. The number of amides is 1. The Morgan fingerprint density at radius 1 is 1.40 bits per heavy atom. The number of carbonyl (C=O) groups is 1. The highest BCUT2D eigenvalue weighted by Crippen LogP contribution is 2.11. The van der Waals surface area contributed by atoms with Crippen molar-refractivity contribution in [1.29, 1.82) is 0 Å². The van der Waals surface area contributed by atoms with Crippen LogP contribution >= 0.6 is 0 Å². The van der Waals surface area contributed by atoms with Crippen molar-refractivity contribution >= 4 is 11.7 Å². The predicted molar refractivity (Wildman–Crippen MR) is 52.6 cm³/mol. The summed E-state index contributed by atoms with van der Waals surface area (Å²) in [4.78, 5) is 11.6. The van der Waals surface area contributed by atoms with E-state index < -0.39 is 0 Å². The molecule has 0 spiro atoms. The van der Waals surface area contributed by atoms with Crippen LogP contribution in [-0.4, -0.2) is 11.1 Å². The van der Waals surface area contributed by atoms with Crippen molar-refractivity contribution in [2.24, 2.45) is 0 Å². The second-order valence-corrected chi connectivity index (χ2v) is 3.27. The second kappa shape index (κ2) is 3.61. The molecule has 2 rings (SSSR count). The number of hydrogen-bond acceptors (Lipinski definition) is 4. The van der Waals surface area contributed by atoms with E-state index in [4.69, 9.17) is 8.94 Å². The minimum Gasteiger partial charge on any atom is -0.459 e. The van der Waals surface area contributed by atoms with E-state index in [1.54, 1.807) is 19.1 Å². The average molecular weight is 206 g/mol. The normalized spacial score (nSPS) is 10.3. The molecule has 2 aromatic rings. The molecule has 0 aliphatic heterocycles. The van der Waals surface area contributed by atoms with Crippen molar-refractivity contribution in [3.63, 3.8) is 0 Å². The number of carbonyl (C=O) groups excluding carboxylic acids is 1. The van der Waals surface area contributed by atoms with E-state index in [2.05, 4.69) is 10.5 Å². The van der Waals surface area contributed by atoms with E-state index in [-0.39, 0.29) is 11.7 Å². The fourth-order valence-electron chi connectivity index (χ4n) is 1.15. The Balaban J connectivity index is 2.10. The van der Waals surface area contributed by atoms with Crippen molar-refractivity contribution in [2.45, 2.75) is 13.8 Å². The van der Waals surface area contributed by atoms with Crippen LogP contribution in [0.2, 0.25) is 0 Å². The van der Waals surface area contributed by atoms with Crippen LogP contribution < -0.4 is 5.32 Å². The van der Waals surface area contributed by atoms with Crippen LogP contribution in [0.4, 0.5) is 5.82 Å². The van der Waals surface area contributed by atoms with Crippen molar-refractivity contribution in [3.05, 3.63) is 35.5 Å². The monoisotopic (exact) mass is 206 g/mol. The third-order valence-electron chi connectivity index (χ3n) is 1.82. The molecule has 2 heterocycles. The van der Waals surface area contributed by atoms with Crippen LogP contribution in [0.15, 0.2) is 27.3 Å². The number of nitrogens with zero attached hydrogens (tertiary/aromatic N) is 1. The predicted octanol–water partition coefficient (Wildman–Crippen LogP) is 2.14. The lowest BCUT2D eigenvalue weighted by Crippen LogP contribution is -2.10. The molecule has 0 aromatic carbocycles. The summed E-state index contributed by atoms with van der Waals surface area (Å²) in [5, 5.41) is 6.19. The van der Waals surface area contributed by atoms with Crippen molar-refractivity contribution < 1.29 is 13.7 Å². The van der Waals surface area contributed by atoms with Gasteiger partial charge >= 0.3 is 0 Å². The smallest absolute Gasteiger partial charge is 0.292 e. The molecule has 1 N–H and O–H groups in total. The van der Waals surface area contributed by atoms with E-state index in [0.29, 0.717) is 11.6 Å². The van der Waals surface area contributed by atoms with Gasteiger partial charge in [-0.25, -0.2) is 0 Å². The third kappa shape index (κ3) is 2.07. The standard InChI is InChI=1S/C10H10N2O3/c1-6-3-8(14-5-6)10(13)11-9-4-7(2)15-12-9/h3-5H,1-2H3,(H,11,12,13). The molecule has 0 aliphatic carbocycles. The Morgan fingerprint density at radius 3 is 2.73 bits per heavy atom. The Hall–Kier alpha value is -2.04. The fourth-order valence-corrected chi connectivity index (χ4v) is 1.15. The molecule has 1 amide bonds. The lowest BCUT2D eigenvalue weighted by atomic mass is 10.3. The van der Waals surface area contributed by atoms with Crippen LogP contribution in [0.3, 0.4) is 0 Å². The van der Waals surface area contributed by atoms with Gasteiger partial charge in [-0.05, 0) is 25.5 Å². The van der Waals surface area contributed by atoms with Gasteiger partial charge < -0.3 is 14.3 Å². The van der Waals surface area contributed by atoms with Gasteiger partial charge in [-0.1, -0.05) is 5.16 Å².